The number of aryl methyl sites for hydroxylation is 2. The lowest BCUT2D eigenvalue weighted by Gasteiger charge is -2.07. The average molecular weight is 331 g/mol. The van der Waals surface area contributed by atoms with Crippen LogP contribution in [0.3, 0.4) is 0 Å². The summed E-state index contributed by atoms with van der Waals surface area (Å²) in [6.07, 6.45) is 0.929. The van der Waals surface area contributed by atoms with Crippen molar-refractivity contribution in [2.75, 3.05) is 11.9 Å². The fourth-order valence-corrected chi connectivity index (χ4v) is 3.27. The van der Waals surface area contributed by atoms with Gasteiger partial charge >= 0.3 is 5.97 Å². The Bertz CT molecular complexity index is 717. The summed E-state index contributed by atoms with van der Waals surface area (Å²) in [5.41, 5.74) is 3.05. The zero-order chi connectivity index (χ0) is 17.0. The normalized spacial score (nSPS) is 10.4. The van der Waals surface area contributed by atoms with E-state index in [4.69, 9.17) is 4.74 Å². The first-order valence-corrected chi connectivity index (χ1v) is 8.46. The second kappa shape index (κ2) is 7.42. The number of thiophene rings is 1. The topological polar surface area (TPSA) is 55.4 Å². The van der Waals surface area contributed by atoms with Crippen LogP contribution in [0.25, 0.3) is 0 Å². The van der Waals surface area contributed by atoms with Crippen molar-refractivity contribution in [2.45, 2.75) is 34.1 Å². The summed E-state index contributed by atoms with van der Waals surface area (Å²) in [7, 11) is 0. The Morgan fingerprint density at radius 2 is 1.78 bits per heavy atom. The van der Waals surface area contributed by atoms with E-state index in [1.54, 1.807) is 19.1 Å². The maximum Gasteiger partial charge on any atom is 0.341 e. The van der Waals surface area contributed by atoms with E-state index in [1.807, 2.05) is 26.0 Å². The first-order valence-electron chi connectivity index (χ1n) is 7.65. The van der Waals surface area contributed by atoms with Gasteiger partial charge in [0.15, 0.2) is 0 Å². The van der Waals surface area contributed by atoms with Crippen LogP contribution in [-0.4, -0.2) is 18.5 Å². The first-order chi connectivity index (χ1) is 11.0. The highest BCUT2D eigenvalue weighted by atomic mass is 32.1. The predicted octanol–water partition coefficient (Wildman–Crippen LogP) is 4.36. The number of amides is 1. The minimum absolute atomic E-state index is 0.223. The molecular weight excluding hydrogens is 310 g/mol. The molecule has 0 saturated carbocycles. The summed E-state index contributed by atoms with van der Waals surface area (Å²) in [4.78, 5) is 25.5. The number of anilines is 1. The van der Waals surface area contributed by atoms with Gasteiger partial charge in [0, 0.05) is 10.4 Å². The van der Waals surface area contributed by atoms with Gasteiger partial charge in [0.1, 0.15) is 5.00 Å². The summed E-state index contributed by atoms with van der Waals surface area (Å²) in [5, 5.41) is 3.39. The molecule has 0 aliphatic heterocycles. The Kier molecular flexibility index (Phi) is 5.55. The minimum atomic E-state index is -0.397. The molecule has 23 heavy (non-hydrogen) atoms. The highest BCUT2D eigenvalue weighted by molar-refractivity contribution is 7.16. The standard InChI is InChI=1S/C18H21NO3S/c1-5-13-7-9-14(10-8-13)16(20)19-17-15(18(21)22-6-2)11(3)12(4)23-17/h7-10H,5-6H2,1-4H3,(H,19,20). The molecule has 0 saturated heterocycles. The third-order valence-electron chi connectivity index (χ3n) is 3.72. The lowest BCUT2D eigenvalue weighted by Crippen LogP contribution is -2.14. The van der Waals surface area contributed by atoms with Crippen molar-refractivity contribution < 1.29 is 14.3 Å². The molecule has 5 heteroatoms. The molecule has 2 aromatic rings. The van der Waals surface area contributed by atoms with Crippen LogP contribution in [0.15, 0.2) is 24.3 Å². The number of carbonyl (C=O) groups is 2. The molecule has 0 unspecified atom stereocenters. The van der Waals surface area contributed by atoms with Crippen LogP contribution in [0.2, 0.25) is 0 Å². The fraction of sp³-hybridized carbons (Fsp3) is 0.333. The van der Waals surface area contributed by atoms with Gasteiger partial charge in [-0.1, -0.05) is 19.1 Å². The van der Waals surface area contributed by atoms with Gasteiger partial charge in [-0.2, -0.15) is 0 Å². The number of ether oxygens (including phenoxy) is 1. The van der Waals surface area contributed by atoms with E-state index in [1.165, 1.54) is 16.9 Å². The van der Waals surface area contributed by atoms with E-state index in [9.17, 15) is 9.59 Å². The smallest absolute Gasteiger partial charge is 0.341 e. The molecule has 4 nitrogen and oxygen atoms in total. The van der Waals surface area contributed by atoms with Crippen molar-refractivity contribution in [3.8, 4) is 0 Å². The molecule has 1 aromatic carbocycles. The molecule has 0 bridgehead atoms. The maximum atomic E-state index is 12.4. The van der Waals surface area contributed by atoms with Gasteiger partial charge in [-0.25, -0.2) is 4.79 Å². The first kappa shape index (κ1) is 17.2. The molecular formula is C18H21NO3S. The number of hydrogen-bond donors (Lipinski definition) is 1. The Hall–Kier alpha value is -2.14. The molecule has 0 atom stereocenters. The molecule has 1 aromatic heterocycles. The van der Waals surface area contributed by atoms with Crippen LogP contribution in [-0.2, 0) is 11.2 Å². The minimum Gasteiger partial charge on any atom is -0.462 e. The summed E-state index contributed by atoms with van der Waals surface area (Å²) in [5.74, 6) is -0.620. The van der Waals surface area contributed by atoms with Crippen LogP contribution in [0.5, 0.6) is 0 Å². The van der Waals surface area contributed by atoms with E-state index in [0.29, 0.717) is 22.7 Å². The fourth-order valence-electron chi connectivity index (χ4n) is 2.23. The number of nitrogens with one attached hydrogen (secondary N) is 1. The van der Waals surface area contributed by atoms with Crippen molar-refractivity contribution in [2.24, 2.45) is 0 Å². The second-order valence-electron chi connectivity index (χ2n) is 5.21. The van der Waals surface area contributed by atoms with Gasteiger partial charge in [-0.05, 0) is 50.5 Å². The number of benzene rings is 1. The lowest BCUT2D eigenvalue weighted by molar-refractivity contribution is 0.0527. The van der Waals surface area contributed by atoms with Crippen molar-refractivity contribution in [3.05, 3.63) is 51.4 Å². The van der Waals surface area contributed by atoms with Crippen molar-refractivity contribution in [1.29, 1.82) is 0 Å². The molecule has 1 N–H and O–H groups in total. The van der Waals surface area contributed by atoms with Gasteiger partial charge in [0.2, 0.25) is 0 Å². The van der Waals surface area contributed by atoms with Gasteiger partial charge in [0.25, 0.3) is 5.91 Å². The van der Waals surface area contributed by atoms with Gasteiger partial charge in [-0.15, -0.1) is 11.3 Å². The number of carbonyl (C=O) groups excluding carboxylic acids is 2. The molecule has 0 fully saturated rings. The summed E-state index contributed by atoms with van der Waals surface area (Å²) >= 11 is 1.39. The zero-order valence-corrected chi connectivity index (χ0v) is 14.7. The molecule has 0 aliphatic carbocycles. The molecule has 122 valence electrons. The van der Waals surface area contributed by atoms with Crippen molar-refractivity contribution >= 4 is 28.2 Å². The van der Waals surface area contributed by atoms with Crippen LogP contribution < -0.4 is 5.32 Å². The third kappa shape index (κ3) is 3.79. The quantitative estimate of drug-likeness (QED) is 0.828. The van der Waals surface area contributed by atoms with Crippen molar-refractivity contribution in [1.82, 2.24) is 0 Å². The average Bonchev–Trinajstić information content (AvgIpc) is 2.82. The molecule has 0 radical (unpaired) electrons. The van der Waals surface area contributed by atoms with Crippen LogP contribution >= 0.6 is 11.3 Å². The van der Waals surface area contributed by atoms with Gasteiger partial charge in [-0.3, -0.25) is 4.79 Å². The van der Waals surface area contributed by atoms with E-state index >= 15 is 0 Å². The third-order valence-corrected chi connectivity index (χ3v) is 4.84. The second-order valence-corrected chi connectivity index (χ2v) is 6.44. The molecule has 1 amide bonds. The molecule has 0 aliphatic rings. The van der Waals surface area contributed by atoms with Gasteiger partial charge < -0.3 is 10.1 Å². The summed E-state index contributed by atoms with van der Waals surface area (Å²) < 4.78 is 5.10. The Balaban J connectivity index is 2.26. The van der Waals surface area contributed by atoms with E-state index in [0.717, 1.165) is 16.9 Å². The molecule has 0 spiro atoms. The maximum absolute atomic E-state index is 12.4. The molecule has 1 heterocycles. The van der Waals surface area contributed by atoms with Crippen LogP contribution in [0.4, 0.5) is 5.00 Å². The Morgan fingerprint density at radius 3 is 2.35 bits per heavy atom. The summed E-state index contributed by atoms with van der Waals surface area (Å²) in [6.45, 7) is 7.93. The number of hydrogen-bond acceptors (Lipinski definition) is 4. The monoisotopic (exact) mass is 331 g/mol. The number of esters is 1. The predicted molar refractivity (Wildman–Crippen MR) is 93.5 cm³/mol. The van der Waals surface area contributed by atoms with E-state index in [-0.39, 0.29) is 5.91 Å². The van der Waals surface area contributed by atoms with Crippen LogP contribution in [0.1, 0.15) is 50.6 Å². The van der Waals surface area contributed by atoms with E-state index < -0.39 is 5.97 Å². The largest absolute Gasteiger partial charge is 0.462 e. The lowest BCUT2D eigenvalue weighted by atomic mass is 10.1. The SMILES string of the molecule is CCOC(=O)c1c(NC(=O)c2ccc(CC)cc2)sc(C)c1C. The number of rotatable bonds is 5. The van der Waals surface area contributed by atoms with E-state index in [2.05, 4.69) is 12.2 Å². The zero-order valence-electron chi connectivity index (χ0n) is 13.9. The Morgan fingerprint density at radius 1 is 1.13 bits per heavy atom. The highest BCUT2D eigenvalue weighted by Crippen LogP contribution is 2.33. The molecule has 2 rings (SSSR count). The Labute approximate surface area is 140 Å². The van der Waals surface area contributed by atoms with Crippen LogP contribution in [0, 0.1) is 13.8 Å². The summed E-state index contributed by atoms with van der Waals surface area (Å²) in [6, 6.07) is 7.47. The highest BCUT2D eigenvalue weighted by Gasteiger charge is 2.22. The van der Waals surface area contributed by atoms with Gasteiger partial charge in [0.05, 0.1) is 12.2 Å². The van der Waals surface area contributed by atoms with Crippen molar-refractivity contribution in [3.63, 3.8) is 0 Å².